The molecule has 0 bridgehead atoms. The third-order valence-corrected chi connectivity index (χ3v) is 4.60. The lowest BCUT2D eigenvalue weighted by atomic mass is 10.1. The van der Waals surface area contributed by atoms with E-state index in [1.54, 1.807) is 6.92 Å². The van der Waals surface area contributed by atoms with E-state index in [4.69, 9.17) is 5.73 Å². The fraction of sp³-hybridized carbons (Fsp3) is 0.350. The summed E-state index contributed by atoms with van der Waals surface area (Å²) in [6.07, 6.45) is 0. The summed E-state index contributed by atoms with van der Waals surface area (Å²) < 4.78 is 0. The molecule has 1 amide bonds. The molecule has 1 fully saturated rings. The molecule has 0 spiro atoms. The number of hydrogen-bond acceptors (Lipinski definition) is 4. The van der Waals surface area contributed by atoms with Crippen LogP contribution in [0.2, 0.25) is 0 Å². The number of amides is 1. The molecule has 3 N–H and O–H groups in total. The molecule has 2 aromatic rings. The van der Waals surface area contributed by atoms with Crippen molar-refractivity contribution in [3.63, 3.8) is 0 Å². The van der Waals surface area contributed by atoms with Crippen molar-refractivity contribution in [1.29, 1.82) is 0 Å². The Kier molecular flexibility index (Phi) is 5.56. The van der Waals surface area contributed by atoms with Crippen molar-refractivity contribution in [3.05, 3.63) is 59.7 Å². The predicted molar refractivity (Wildman–Crippen MR) is 102 cm³/mol. The van der Waals surface area contributed by atoms with Gasteiger partial charge in [-0.2, -0.15) is 0 Å². The molecular weight excluding hydrogens is 312 g/mol. The molecule has 0 atom stereocenters. The minimum Gasteiger partial charge on any atom is -0.399 e. The van der Waals surface area contributed by atoms with E-state index < -0.39 is 0 Å². The van der Waals surface area contributed by atoms with E-state index in [0.29, 0.717) is 6.54 Å². The smallest absolute Gasteiger partial charge is 0.217 e. The molecule has 5 nitrogen and oxygen atoms in total. The van der Waals surface area contributed by atoms with Crippen LogP contribution in [-0.4, -0.2) is 37.0 Å². The van der Waals surface area contributed by atoms with Crippen LogP contribution < -0.4 is 16.0 Å². The molecule has 5 heteroatoms. The van der Waals surface area contributed by atoms with Gasteiger partial charge < -0.3 is 16.0 Å². The van der Waals surface area contributed by atoms with Gasteiger partial charge in [-0.05, 0) is 35.4 Å². The summed E-state index contributed by atoms with van der Waals surface area (Å²) in [5, 5.41) is 2.82. The maximum Gasteiger partial charge on any atom is 0.217 e. The maximum absolute atomic E-state index is 11.0. The first-order chi connectivity index (χ1) is 12.1. The first-order valence-electron chi connectivity index (χ1n) is 8.75. The van der Waals surface area contributed by atoms with Crippen LogP contribution in [0, 0.1) is 0 Å². The Morgan fingerprint density at radius 2 is 1.56 bits per heavy atom. The van der Waals surface area contributed by atoms with Crippen molar-refractivity contribution in [1.82, 2.24) is 10.2 Å². The number of nitrogens with two attached hydrogens (primary N) is 1. The van der Waals surface area contributed by atoms with Gasteiger partial charge in [0.2, 0.25) is 5.91 Å². The van der Waals surface area contributed by atoms with Gasteiger partial charge in [0, 0.05) is 57.6 Å². The van der Waals surface area contributed by atoms with E-state index in [1.807, 2.05) is 12.1 Å². The predicted octanol–water partition coefficient (Wildman–Crippen LogP) is 2.23. The second kappa shape index (κ2) is 8.03. The Morgan fingerprint density at radius 3 is 2.16 bits per heavy atom. The van der Waals surface area contributed by atoms with Crippen LogP contribution in [0.25, 0.3) is 0 Å². The molecule has 0 aliphatic carbocycles. The van der Waals surface area contributed by atoms with Gasteiger partial charge in [0.1, 0.15) is 0 Å². The molecule has 1 heterocycles. The van der Waals surface area contributed by atoms with Crippen LogP contribution >= 0.6 is 0 Å². The van der Waals surface area contributed by atoms with Gasteiger partial charge in [-0.25, -0.2) is 0 Å². The fourth-order valence-electron chi connectivity index (χ4n) is 3.10. The Labute approximate surface area is 149 Å². The number of benzene rings is 2. The summed E-state index contributed by atoms with van der Waals surface area (Å²) in [4.78, 5) is 15.9. The molecule has 1 aliphatic heterocycles. The van der Waals surface area contributed by atoms with Gasteiger partial charge >= 0.3 is 0 Å². The summed E-state index contributed by atoms with van der Waals surface area (Å²) in [6, 6.07) is 16.6. The van der Waals surface area contributed by atoms with Crippen molar-refractivity contribution in [2.75, 3.05) is 36.8 Å². The van der Waals surface area contributed by atoms with Crippen LogP contribution in [0.15, 0.2) is 48.5 Å². The van der Waals surface area contributed by atoms with Gasteiger partial charge in [0.25, 0.3) is 0 Å². The highest BCUT2D eigenvalue weighted by Crippen LogP contribution is 2.19. The van der Waals surface area contributed by atoms with E-state index in [9.17, 15) is 4.79 Å². The zero-order valence-corrected chi connectivity index (χ0v) is 14.7. The minimum absolute atomic E-state index is 0.00282. The topological polar surface area (TPSA) is 61.6 Å². The van der Waals surface area contributed by atoms with Gasteiger partial charge in [-0.3, -0.25) is 9.69 Å². The number of carbonyl (C=O) groups is 1. The number of rotatable bonds is 5. The van der Waals surface area contributed by atoms with Crippen molar-refractivity contribution >= 4 is 17.3 Å². The highest BCUT2D eigenvalue weighted by molar-refractivity contribution is 5.72. The number of nitrogens with one attached hydrogen (secondary N) is 1. The fourth-order valence-corrected chi connectivity index (χ4v) is 3.10. The van der Waals surface area contributed by atoms with Crippen LogP contribution in [0.5, 0.6) is 0 Å². The number of anilines is 2. The first-order valence-corrected chi connectivity index (χ1v) is 8.75. The summed E-state index contributed by atoms with van der Waals surface area (Å²) in [5.41, 5.74) is 10.3. The zero-order valence-electron chi connectivity index (χ0n) is 14.7. The molecule has 132 valence electrons. The van der Waals surface area contributed by atoms with E-state index in [1.165, 1.54) is 11.3 Å². The average molecular weight is 338 g/mol. The molecule has 2 aromatic carbocycles. The van der Waals surface area contributed by atoms with E-state index in [0.717, 1.165) is 44.0 Å². The third kappa shape index (κ3) is 4.97. The van der Waals surface area contributed by atoms with Crippen molar-refractivity contribution in [2.24, 2.45) is 0 Å². The van der Waals surface area contributed by atoms with Crippen molar-refractivity contribution in [2.45, 2.75) is 20.0 Å². The van der Waals surface area contributed by atoms with Gasteiger partial charge in [-0.15, -0.1) is 0 Å². The number of piperazine rings is 1. The number of nitrogen functional groups attached to an aromatic ring is 1. The van der Waals surface area contributed by atoms with E-state index >= 15 is 0 Å². The van der Waals surface area contributed by atoms with E-state index in [2.05, 4.69) is 51.5 Å². The second-order valence-corrected chi connectivity index (χ2v) is 6.58. The molecule has 25 heavy (non-hydrogen) atoms. The molecule has 1 saturated heterocycles. The minimum atomic E-state index is 0.00282. The van der Waals surface area contributed by atoms with E-state index in [-0.39, 0.29) is 5.91 Å². The Hall–Kier alpha value is -2.53. The average Bonchev–Trinajstić information content (AvgIpc) is 2.62. The quantitative estimate of drug-likeness (QED) is 0.821. The second-order valence-electron chi connectivity index (χ2n) is 6.58. The third-order valence-electron chi connectivity index (χ3n) is 4.60. The maximum atomic E-state index is 11.0. The summed E-state index contributed by atoms with van der Waals surface area (Å²) >= 11 is 0. The lowest BCUT2D eigenvalue weighted by Gasteiger charge is -2.36. The molecule has 3 rings (SSSR count). The molecular formula is C20H26N4O. The van der Waals surface area contributed by atoms with Gasteiger partial charge in [0.15, 0.2) is 0 Å². The van der Waals surface area contributed by atoms with Gasteiger partial charge in [-0.1, -0.05) is 24.3 Å². The number of hydrogen-bond donors (Lipinski definition) is 2. The molecule has 0 saturated carbocycles. The molecule has 1 aliphatic rings. The molecule has 0 aromatic heterocycles. The number of carbonyl (C=O) groups excluding carboxylic acids is 1. The Balaban J connectivity index is 1.48. The monoisotopic (exact) mass is 338 g/mol. The SMILES string of the molecule is CC(=O)NCc1ccc(CN2CCN(c3ccc(N)cc3)CC2)cc1. The first kappa shape index (κ1) is 17.3. The Bertz CT molecular complexity index is 689. The molecule has 0 radical (unpaired) electrons. The van der Waals surface area contributed by atoms with Crippen LogP contribution in [0.1, 0.15) is 18.1 Å². The van der Waals surface area contributed by atoms with Crippen molar-refractivity contribution < 1.29 is 4.79 Å². The summed E-state index contributed by atoms with van der Waals surface area (Å²) in [6.45, 7) is 7.27. The highest BCUT2D eigenvalue weighted by atomic mass is 16.1. The largest absolute Gasteiger partial charge is 0.399 e. The van der Waals surface area contributed by atoms with Crippen LogP contribution in [0.3, 0.4) is 0 Å². The molecule has 0 unspecified atom stereocenters. The summed E-state index contributed by atoms with van der Waals surface area (Å²) in [7, 11) is 0. The van der Waals surface area contributed by atoms with Crippen LogP contribution in [-0.2, 0) is 17.9 Å². The zero-order chi connectivity index (χ0) is 17.6. The Morgan fingerprint density at radius 1 is 0.960 bits per heavy atom. The number of nitrogens with zero attached hydrogens (tertiary/aromatic N) is 2. The highest BCUT2D eigenvalue weighted by Gasteiger charge is 2.17. The van der Waals surface area contributed by atoms with Gasteiger partial charge in [0.05, 0.1) is 0 Å². The summed E-state index contributed by atoms with van der Waals surface area (Å²) in [5.74, 6) is 0.00282. The lowest BCUT2D eigenvalue weighted by Crippen LogP contribution is -2.45. The standard InChI is InChI=1S/C20H26N4O/c1-16(25)22-14-17-2-4-18(5-3-17)15-23-10-12-24(13-11-23)20-8-6-19(21)7-9-20/h2-9H,10-15,21H2,1H3,(H,22,25). The normalized spacial score (nSPS) is 15.2. The lowest BCUT2D eigenvalue weighted by molar-refractivity contribution is -0.119. The van der Waals surface area contributed by atoms with Crippen molar-refractivity contribution in [3.8, 4) is 0 Å². The van der Waals surface area contributed by atoms with Crippen LogP contribution in [0.4, 0.5) is 11.4 Å².